The van der Waals surface area contributed by atoms with Crippen LogP contribution in [0.15, 0.2) is 24.0 Å². The van der Waals surface area contributed by atoms with E-state index in [2.05, 4.69) is 15.3 Å². The van der Waals surface area contributed by atoms with Gasteiger partial charge in [-0.25, -0.2) is 0 Å². The first-order valence-corrected chi connectivity index (χ1v) is 8.24. The van der Waals surface area contributed by atoms with Crippen LogP contribution in [0.1, 0.15) is 41.0 Å². The quantitative estimate of drug-likeness (QED) is 0.886. The van der Waals surface area contributed by atoms with E-state index >= 15 is 0 Å². The summed E-state index contributed by atoms with van der Waals surface area (Å²) in [4.78, 5) is 8.95. The van der Waals surface area contributed by atoms with E-state index in [1.165, 1.54) is 17.5 Å². The Morgan fingerprint density at radius 3 is 2.71 bits per heavy atom. The van der Waals surface area contributed by atoms with E-state index in [-0.39, 0.29) is 24.9 Å². The maximum absolute atomic E-state index is 13.4. The van der Waals surface area contributed by atoms with Gasteiger partial charge in [0.1, 0.15) is 5.69 Å². The van der Waals surface area contributed by atoms with Crippen molar-refractivity contribution in [2.75, 3.05) is 13.2 Å². The van der Waals surface area contributed by atoms with Gasteiger partial charge in [0.05, 0.1) is 24.3 Å². The Bertz CT molecular complexity index is 673. The zero-order valence-corrected chi connectivity index (χ0v) is 13.7. The first-order chi connectivity index (χ1) is 11.4. The maximum atomic E-state index is 13.4. The molecule has 1 N–H and O–H groups in total. The molecule has 130 valence electrons. The Balaban J connectivity index is 1.80. The van der Waals surface area contributed by atoms with Crippen molar-refractivity contribution in [2.24, 2.45) is 0 Å². The molecule has 2 aromatic rings. The van der Waals surface area contributed by atoms with Crippen LogP contribution in [0.2, 0.25) is 0 Å². The molecule has 0 amide bonds. The first-order valence-electron chi connectivity index (χ1n) is 7.36. The lowest BCUT2D eigenvalue weighted by atomic mass is 10.1. The van der Waals surface area contributed by atoms with Gasteiger partial charge in [0, 0.05) is 29.9 Å². The van der Waals surface area contributed by atoms with Gasteiger partial charge in [0.2, 0.25) is 6.29 Å². The number of pyridine rings is 1. The van der Waals surface area contributed by atoms with Crippen LogP contribution in [0.5, 0.6) is 0 Å². The van der Waals surface area contributed by atoms with E-state index in [0.717, 1.165) is 10.9 Å². The molecule has 0 aromatic carbocycles. The van der Waals surface area contributed by atoms with Gasteiger partial charge in [-0.15, -0.1) is 11.3 Å². The topological polar surface area (TPSA) is 56.3 Å². The molecule has 2 aromatic heterocycles. The Morgan fingerprint density at radius 1 is 1.33 bits per heavy atom. The molecule has 3 heterocycles. The van der Waals surface area contributed by atoms with Crippen LogP contribution in [0.4, 0.5) is 13.2 Å². The lowest BCUT2D eigenvalue weighted by Gasteiger charge is -2.19. The standard InChI is InChI=1S/C15H16F3N3O2S/c1-9(20-7-11-6-19-8-24-11)10-4-12(15(16,17)18)13(21-5-10)14-22-2-3-23-14/h4-6,8-9,14,20H,2-3,7H2,1H3/t9-/m0/s1. The normalized spacial score (nSPS) is 17.3. The molecule has 0 radical (unpaired) electrons. The number of halogens is 3. The van der Waals surface area contributed by atoms with Gasteiger partial charge in [-0.3, -0.25) is 9.97 Å². The molecule has 9 heteroatoms. The van der Waals surface area contributed by atoms with Crippen molar-refractivity contribution in [3.05, 3.63) is 45.7 Å². The van der Waals surface area contributed by atoms with Gasteiger partial charge in [-0.05, 0) is 18.6 Å². The first kappa shape index (κ1) is 17.3. The average molecular weight is 359 g/mol. The van der Waals surface area contributed by atoms with Crippen LogP contribution >= 0.6 is 11.3 Å². The van der Waals surface area contributed by atoms with Gasteiger partial charge >= 0.3 is 6.18 Å². The highest BCUT2D eigenvalue weighted by Crippen LogP contribution is 2.37. The Labute approximate surface area is 140 Å². The summed E-state index contributed by atoms with van der Waals surface area (Å²) in [6, 6.07) is 0.817. The van der Waals surface area contributed by atoms with Crippen molar-refractivity contribution in [2.45, 2.75) is 32.0 Å². The molecule has 0 saturated carbocycles. The summed E-state index contributed by atoms with van der Waals surface area (Å²) in [5.41, 5.74) is 1.12. The number of alkyl halides is 3. The summed E-state index contributed by atoms with van der Waals surface area (Å²) < 4.78 is 50.5. The molecule has 0 unspecified atom stereocenters. The molecule has 0 spiro atoms. The molecule has 1 aliphatic rings. The predicted octanol–water partition coefficient (Wildman–Crippen LogP) is 3.45. The van der Waals surface area contributed by atoms with E-state index in [0.29, 0.717) is 12.1 Å². The Hall–Kier alpha value is -1.55. The Kier molecular flexibility index (Phi) is 5.14. The smallest absolute Gasteiger partial charge is 0.345 e. The summed E-state index contributed by atoms with van der Waals surface area (Å²) in [6.45, 7) is 2.85. The summed E-state index contributed by atoms with van der Waals surface area (Å²) in [7, 11) is 0. The van der Waals surface area contributed by atoms with Gasteiger partial charge < -0.3 is 14.8 Å². The average Bonchev–Trinajstić information content (AvgIpc) is 3.24. The summed E-state index contributed by atoms with van der Waals surface area (Å²) >= 11 is 1.48. The van der Waals surface area contributed by atoms with Crippen molar-refractivity contribution in [1.82, 2.24) is 15.3 Å². The van der Waals surface area contributed by atoms with Crippen LogP contribution in [-0.4, -0.2) is 23.2 Å². The third kappa shape index (κ3) is 3.92. The summed E-state index contributed by atoms with van der Waals surface area (Å²) in [6.07, 6.45) is -2.43. The molecule has 0 bridgehead atoms. The lowest BCUT2D eigenvalue weighted by Crippen LogP contribution is -2.20. The van der Waals surface area contributed by atoms with Gasteiger partial charge in [0.25, 0.3) is 0 Å². The Morgan fingerprint density at radius 2 is 2.08 bits per heavy atom. The van der Waals surface area contributed by atoms with Gasteiger partial charge in [-0.2, -0.15) is 13.2 Å². The highest BCUT2D eigenvalue weighted by molar-refractivity contribution is 7.09. The van der Waals surface area contributed by atoms with Crippen molar-refractivity contribution < 1.29 is 22.6 Å². The second kappa shape index (κ2) is 7.14. The number of ether oxygens (including phenoxy) is 2. The number of hydrogen-bond acceptors (Lipinski definition) is 6. The van der Waals surface area contributed by atoms with Crippen LogP contribution in [0, 0.1) is 0 Å². The van der Waals surface area contributed by atoms with E-state index in [4.69, 9.17) is 9.47 Å². The van der Waals surface area contributed by atoms with Gasteiger partial charge in [-0.1, -0.05) is 0 Å². The molecule has 3 rings (SSSR count). The number of aromatic nitrogens is 2. The van der Waals surface area contributed by atoms with E-state index in [1.807, 2.05) is 0 Å². The zero-order chi connectivity index (χ0) is 17.2. The maximum Gasteiger partial charge on any atom is 0.418 e. The highest BCUT2D eigenvalue weighted by Gasteiger charge is 2.38. The molecule has 1 atom stereocenters. The molecular formula is C15H16F3N3O2S. The fourth-order valence-electron chi connectivity index (χ4n) is 2.36. The fraction of sp³-hybridized carbons (Fsp3) is 0.467. The third-order valence-corrected chi connectivity index (χ3v) is 4.44. The third-order valence-electron chi connectivity index (χ3n) is 3.66. The zero-order valence-electron chi connectivity index (χ0n) is 12.8. The lowest BCUT2D eigenvalue weighted by molar-refractivity contribution is -0.143. The van der Waals surface area contributed by atoms with E-state index in [9.17, 15) is 13.2 Å². The molecule has 1 saturated heterocycles. The summed E-state index contributed by atoms with van der Waals surface area (Å²) in [5, 5.41) is 3.17. The number of nitrogens with zero attached hydrogens (tertiary/aromatic N) is 2. The van der Waals surface area contributed by atoms with Crippen LogP contribution in [0.3, 0.4) is 0 Å². The predicted molar refractivity (Wildman–Crippen MR) is 81.3 cm³/mol. The van der Waals surface area contributed by atoms with E-state index < -0.39 is 18.0 Å². The minimum atomic E-state index is -4.52. The summed E-state index contributed by atoms with van der Waals surface area (Å²) in [5.74, 6) is 0. The largest absolute Gasteiger partial charge is 0.418 e. The van der Waals surface area contributed by atoms with Crippen molar-refractivity contribution in [1.29, 1.82) is 0 Å². The molecule has 1 fully saturated rings. The van der Waals surface area contributed by atoms with Crippen LogP contribution in [-0.2, 0) is 22.2 Å². The van der Waals surface area contributed by atoms with Crippen molar-refractivity contribution >= 4 is 11.3 Å². The van der Waals surface area contributed by atoms with Gasteiger partial charge in [0.15, 0.2) is 0 Å². The molecule has 24 heavy (non-hydrogen) atoms. The minimum Gasteiger partial charge on any atom is -0.345 e. The van der Waals surface area contributed by atoms with Crippen molar-refractivity contribution in [3.8, 4) is 0 Å². The second-order valence-electron chi connectivity index (χ2n) is 5.34. The number of thiazole rings is 1. The molecule has 5 nitrogen and oxygen atoms in total. The monoisotopic (exact) mass is 359 g/mol. The van der Waals surface area contributed by atoms with Crippen LogP contribution in [0.25, 0.3) is 0 Å². The fourth-order valence-corrected chi connectivity index (χ4v) is 2.91. The van der Waals surface area contributed by atoms with Crippen molar-refractivity contribution in [3.63, 3.8) is 0 Å². The molecular weight excluding hydrogens is 343 g/mol. The molecule has 0 aliphatic carbocycles. The number of hydrogen-bond donors (Lipinski definition) is 1. The highest BCUT2D eigenvalue weighted by atomic mass is 32.1. The minimum absolute atomic E-state index is 0.224. The number of nitrogens with one attached hydrogen (secondary N) is 1. The SMILES string of the molecule is C[C@H](NCc1cncs1)c1cnc(C2OCCO2)c(C(F)(F)F)c1. The molecule has 1 aliphatic heterocycles. The van der Waals surface area contributed by atoms with Crippen LogP contribution < -0.4 is 5.32 Å². The second-order valence-corrected chi connectivity index (χ2v) is 6.31. The van der Waals surface area contributed by atoms with E-state index in [1.54, 1.807) is 18.6 Å². The number of rotatable bonds is 5.